The van der Waals surface area contributed by atoms with Crippen molar-refractivity contribution in [2.24, 2.45) is 0 Å². The number of phenolic OH excluding ortho intramolecular Hbond substituents is 2. The van der Waals surface area contributed by atoms with E-state index in [1.807, 2.05) is 0 Å². The summed E-state index contributed by atoms with van der Waals surface area (Å²) in [7, 11) is 0. The van der Waals surface area contributed by atoms with E-state index < -0.39 is 29.1 Å². The van der Waals surface area contributed by atoms with Crippen molar-refractivity contribution in [1.82, 2.24) is 0 Å². The summed E-state index contributed by atoms with van der Waals surface area (Å²) in [5, 5.41) is 18.7. The van der Waals surface area contributed by atoms with Gasteiger partial charge in [-0.05, 0) is 35.4 Å². The molecule has 2 aromatic carbocycles. The second kappa shape index (κ2) is 4.19. The molecular weight excluding hydrogens is 270 g/mol. The predicted molar refractivity (Wildman–Crippen MR) is 64.2 cm³/mol. The summed E-state index contributed by atoms with van der Waals surface area (Å²) in [6.07, 6.45) is 0. The molecule has 2 aromatic rings. The smallest absolute Gasteiger partial charge is 0.339 e. The summed E-state index contributed by atoms with van der Waals surface area (Å²) < 4.78 is 31.9. The molecule has 0 spiro atoms. The van der Waals surface area contributed by atoms with Gasteiger partial charge in [-0.1, -0.05) is 0 Å². The van der Waals surface area contributed by atoms with Crippen LogP contribution >= 0.6 is 0 Å². The van der Waals surface area contributed by atoms with Crippen molar-refractivity contribution in [3.8, 4) is 22.6 Å². The van der Waals surface area contributed by atoms with Gasteiger partial charge in [0.25, 0.3) is 0 Å². The minimum Gasteiger partial charge on any atom is -0.505 e. The van der Waals surface area contributed by atoms with Gasteiger partial charge in [0.15, 0.2) is 23.1 Å². The van der Waals surface area contributed by atoms with Gasteiger partial charge in [-0.15, -0.1) is 0 Å². The predicted octanol–water partition coefficient (Wildman–Crippen LogP) is 2.71. The number of hydrogen-bond acceptors (Lipinski definition) is 4. The summed E-state index contributed by atoms with van der Waals surface area (Å²) in [5.74, 6) is -3.85. The van der Waals surface area contributed by atoms with E-state index in [-0.39, 0.29) is 23.3 Å². The SMILES string of the molecule is O=C1OCc2cc(O)c(F)cc2-c2cc(F)c(O)cc21. The standard InChI is InChI=1S/C14H8F2O4/c15-10-2-7-6(1-12(10)17)5-20-14(19)9-4-13(18)11(16)3-8(7)9/h1-4,17-18H,5H2. The van der Waals surface area contributed by atoms with Crippen LogP contribution in [0.25, 0.3) is 11.1 Å². The lowest BCUT2D eigenvalue weighted by Crippen LogP contribution is -2.03. The molecule has 4 nitrogen and oxygen atoms in total. The fourth-order valence-corrected chi connectivity index (χ4v) is 2.15. The topological polar surface area (TPSA) is 66.8 Å². The van der Waals surface area contributed by atoms with Crippen molar-refractivity contribution in [3.63, 3.8) is 0 Å². The van der Waals surface area contributed by atoms with Gasteiger partial charge in [-0.25, -0.2) is 13.6 Å². The Balaban J connectivity index is 2.35. The van der Waals surface area contributed by atoms with E-state index in [4.69, 9.17) is 4.74 Å². The van der Waals surface area contributed by atoms with Crippen LogP contribution in [0, 0.1) is 11.6 Å². The number of rotatable bonds is 0. The fraction of sp³-hybridized carbons (Fsp3) is 0.0714. The van der Waals surface area contributed by atoms with Crippen LogP contribution in [0.1, 0.15) is 15.9 Å². The Morgan fingerprint density at radius 2 is 1.50 bits per heavy atom. The Kier molecular flexibility index (Phi) is 2.60. The van der Waals surface area contributed by atoms with Gasteiger partial charge in [0.1, 0.15) is 6.61 Å². The molecule has 0 saturated carbocycles. The first-order valence-electron chi connectivity index (χ1n) is 5.69. The van der Waals surface area contributed by atoms with Crippen LogP contribution < -0.4 is 0 Å². The zero-order valence-corrected chi connectivity index (χ0v) is 9.98. The molecule has 0 fully saturated rings. The molecule has 0 saturated heterocycles. The van der Waals surface area contributed by atoms with Crippen molar-refractivity contribution in [2.75, 3.05) is 0 Å². The van der Waals surface area contributed by atoms with Crippen molar-refractivity contribution in [3.05, 3.63) is 47.0 Å². The number of phenols is 2. The van der Waals surface area contributed by atoms with Crippen LogP contribution in [0.15, 0.2) is 24.3 Å². The largest absolute Gasteiger partial charge is 0.505 e. The van der Waals surface area contributed by atoms with Gasteiger partial charge in [-0.3, -0.25) is 0 Å². The highest BCUT2D eigenvalue weighted by Crippen LogP contribution is 2.37. The number of hydrogen-bond donors (Lipinski definition) is 2. The molecule has 1 aliphatic heterocycles. The molecule has 2 N–H and O–H groups in total. The quantitative estimate of drug-likeness (QED) is 0.727. The first-order chi connectivity index (χ1) is 9.47. The molecule has 6 heteroatoms. The first-order valence-corrected chi connectivity index (χ1v) is 5.69. The van der Waals surface area contributed by atoms with Crippen LogP contribution in [0.2, 0.25) is 0 Å². The van der Waals surface area contributed by atoms with Gasteiger partial charge in [0.2, 0.25) is 0 Å². The molecule has 0 radical (unpaired) electrons. The number of fused-ring (bicyclic) bond motifs is 3. The lowest BCUT2D eigenvalue weighted by molar-refractivity contribution is 0.0478. The number of carbonyl (C=O) groups excluding carboxylic acids is 1. The Hall–Kier alpha value is -2.63. The molecule has 1 heterocycles. The van der Waals surface area contributed by atoms with E-state index in [0.717, 1.165) is 24.3 Å². The molecule has 1 aliphatic rings. The second-order valence-corrected chi connectivity index (χ2v) is 4.39. The van der Waals surface area contributed by atoms with Crippen molar-refractivity contribution < 1.29 is 28.5 Å². The van der Waals surface area contributed by atoms with Crippen molar-refractivity contribution in [1.29, 1.82) is 0 Å². The highest BCUT2D eigenvalue weighted by Gasteiger charge is 2.25. The summed E-state index contributed by atoms with van der Waals surface area (Å²) in [6.45, 7) is -0.181. The van der Waals surface area contributed by atoms with E-state index in [1.54, 1.807) is 0 Å². The van der Waals surface area contributed by atoms with E-state index in [9.17, 15) is 23.8 Å². The molecular formula is C14H8F2O4. The Labute approximate surface area is 111 Å². The monoisotopic (exact) mass is 278 g/mol. The van der Waals surface area contributed by atoms with Gasteiger partial charge >= 0.3 is 5.97 Å². The maximum atomic E-state index is 13.5. The van der Waals surface area contributed by atoms with Crippen molar-refractivity contribution in [2.45, 2.75) is 6.61 Å². The molecule has 20 heavy (non-hydrogen) atoms. The van der Waals surface area contributed by atoms with Crippen LogP contribution in [0.4, 0.5) is 8.78 Å². The summed E-state index contributed by atoms with van der Waals surface area (Å²) in [5.41, 5.74) is 0.630. The van der Waals surface area contributed by atoms with Gasteiger partial charge in [0, 0.05) is 5.56 Å². The van der Waals surface area contributed by atoms with Crippen molar-refractivity contribution >= 4 is 5.97 Å². The van der Waals surface area contributed by atoms with Crippen LogP contribution in [0.5, 0.6) is 11.5 Å². The third-order valence-corrected chi connectivity index (χ3v) is 3.13. The number of esters is 1. The zero-order valence-electron chi connectivity index (χ0n) is 9.98. The van der Waals surface area contributed by atoms with Gasteiger partial charge in [0.05, 0.1) is 5.56 Å². The highest BCUT2D eigenvalue weighted by molar-refractivity contribution is 5.99. The number of carbonyl (C=O) groups is 1. The second-order valence-electron chi connectivity index (χ2n) is 4.39. The fourth-order valence-electron chi connectivity index (χ4n) is 2.15. The summed E-state index contributed by atoms with van der Waals surface area (Å²) in [4.78, 5) is 11.8. The molecule has 102 valence electrons. The lowest BCUT2D eigenvalue weighted by Gasteiger charge is -2.09. The molecule has 3 rings (SSSR count). The van der Waals surface area contributed by atoms with Gasteiger partial charge < -0.3 is 14.9 Å². The number of benzene rings is 2. The van der Waals surface area contributed by atoms with Gasteiger partial charge in [-0.2, -0.15) is 0 Å². The maximum absolute atomic E-state index is 13.5. The van der Waals surface area contributed by atoms with Crippen LogP contribution in [-0.2, 0) is 11.3 Å². The number of ether oxygens (including phenoxy) is 1. The third kappa shape index (κ3) is 1.77. The molecule has 0 bridgehead atoms. The molecule has 0 atom stereocenters. The normalized spacial score (nSPS) is 13.2. The third-order valence-electron chi connectivity index (χ3n) is 3.13. The molecule has 0 unspecified atom stereocenters. The number of halogens is 2. The Bertz CT molecular complexity index is 740. The zero-order chi connectivity index (χ0) is 14.4. The maximum Gasteiger partial charge on any atom is 0.339 e. The van der Waals surface area contributed by atoms with E-state index in [1.165, 1.54) is 0 Å². The van der Waals surface area contributed by atoms with E-state index in [2.05, 4.69) is 0 Å². The molecule has 0 amide bonds. The summed E-state index contributed by atoms with van der Waals surface area (Å²) in [6, 6.07) is 4.00. The molecule has 0 aromatic heterocycles. The van der Waals surface area contributed by atoms with Crippen LogP contribution in [0.3, 0.4) is 0 Å². The minimum absolute atomic E-state index is 0.0623. The lowest BCUT2D eigenvalue weighted by atomic mass is 9.95. The Morgan fingerprint density at radius 3 is 2.20 bits per heavy atom. The summed E-state index contributed by atoms with van der Waals surface area (Å²) >= 11 is 0. The number of aromatic hydroxyl groups is 2. The average molecular weight is 278 g/mol. The molecule has 0 aliphatic carbocycles. The number of cyclic esters (lactones) is 1. The van der Waals surface area contributed by atoms with Crippen LogP contribution in [-0.4, -0.2) is 16.2 Å². The van der Waals surface area contributed by atoms with E-state index >= 15 is 0 Å². The van der Waals surface area contributed by atoms with E-state index in [0.29, 0.717) is 5.56 Å². The first kappa shape index (κ1) is 12.4. The average Bonchev–Trinajstić information content (AvgIpc) is 2.52. The Morgan fingerprint density at radius 1 is 0.900 bits per heavy atom. The minimum atomic E-state index is -0.933. The highest BCUT2D eigenvalue weighted by atomic mass is 19.1.